The van der Waals surface area contributed by atoms with Crippen molar-refractivity contribution in [1.29, 1.82) is 0 Å². The van der Waals surface area contributed by atoms with Crippen LogP contribution >= 0.6 is 0 Å². The van der Waals surface area contributed by atoms with E-state index < -0.39 is 0 Å². The van der Waals surface area contributed by atoms with Crippen LogP contribution in [0, 0.1) is 0 Å². The molecule has 4 nitrogen and oxygen atoms in total. The number of para-hydroxylation sites is 1. The minimum atomic E-state index is 0.101. The van der Waals surface area contributed by atoms with E-state index in [-0.39, 0.29) is 12.1 Å². The van der Waals surface area contributed by atoms with E-state index >= 15 is 0 Å². The van der Waals surface area contributed by atoms with Gasteiger partial charge in [-0.1, -0.05) is 12.1 Å². The lowest BCUT2D eigenvalue weighted by atomic mass is 10.1. The van der Waals surface area contributed by atoms with E-state index in [4.69, 9.17) is 19.9 Å². The molecule has 0 saturated carbocycles. The third-order valence-corrected chi connectivity index (χ3v) is 3.36. The van der Waals surface area contributed by atoms with Crippen LogP contribution in [0.15, 0.2) is 18.2 Å². The molecular formula is C16H25NO3. The maximum Gasteiger partial charge on any atom is 0.164 e. The van der Waals surface area contributed by atoms with Gasteiger partial charge >= 0.3 is 0 Å². The average molecular weight is 279 g/mol. The highest BCUT2D eigenvalue weighted by Crippen LogP contribution is 2.34. The summed E-state index contributed by atoms with van der Waals surface area (Å²) in [5.74, 6) is 1.68. The second kappa shape index (κ2) is 7.50. The topological polar surface area (TPSA) is 53.7 Å². The van der Waals surface area contributed by atoms with Gasteiger partial charge in [0.25, 0.3) is 0 Å². The van der Waals surface area contributed by atoms with Gasteiger partial charge in [0.1, 0.15) is 6.10 Å². The van der Waals surface area contributed by atoms with Crippen molar-refractivity contribution in [2.75, 3.05) is 19.8 Å². The van der Waals surface area contributed by atoms with Gasteiger partial charge in [-0.2, -0.15) is 0 Å². The van der Waals surface area contributed by atoms with Crippen molar-refractivity contribution in [2.45, 2.75) is 45.3 Å². The minimum Gasteiger partial charge on any atom is -0.490 e. The molecule has 1 aromatic rings. The highest BCUT2D eigenvalue weighted by atomic mass is 16.5. The minimum absolute atomic E-state index is 0.101. The fraction of sp³-hybridized carbons (Fsp3) is 0.625. The van der Waals surface area contributed by atoms with Crippen LogP contribution in [0.5, 0.6) is 11.5 Å². The SMILES string of the molecule is CCOc1cccc(CC(C)N)c1OC1CCOCC1. The van der Waals surface area contributed by atoms with Gasteiger partial charge in [0.05, 0.1) is 19.8 Å². The molecule has 1 heterocycles. The fourth-order valence-corrected chi connectivity index (χ4v) is 2.43. The summed E-state index contributed by atoms with van der Waals surface area (Å²) >= 11 is 0. The summed E-state index contributed by atoms with van der Waals surface area (Å²) < 4.78 is 17.3. The van der Waals surface area contributed by atoms with Gasteiger partial charge in [-0.05, 0) is 31.9 Å². The zero-order chi connectivity index (χ0) is 14.4. The monoisotopic (exact) mass is 279 g/mol. The maximum atomic E-state index is 6.21. The molecule has 1 saturated heterocycles. The van der Waals surface area contributed by atoms with Crippen molar-refractivity contribution in [3.63, 3.8) is 0 Å². The Labute approximate surface area is 121 Å². The van der Waals surface area contributed by atoms with E-state index in [9.17, 15) is 0 Å². The van der Waals surface area contributed by atoms with Crippen LogP contribution < -0.4 is 15.2 Å². The molecule has 2 rings (SSSR count). The molecule has 2 N–H and O–H groups in total. The molecule has 1 fully saturated rings. The zero-order valence-electron chi connectivity index (χ0n) is 12.4. The molecule has 0 radical (unpaired) electrons. The third-order valence-electron chi connectivity index (χ3n) is 3.36. The van der Waals surface area contributed by atoms with Crippen molar-refractivity contribution >= 4 is 0 Å². The molecule has 1 aliphatic heterocycles. The Kier molecular flexibility index (Phi) is 5.68. The molecule has 4 heteroatoms. The highest BCUT2D eigenvalue weighted by Gasteiger charge is 2.20. The summed E-state index contributed by atoms with van der Waals surface area (Å²) in [7, 11) is 0. The molecule has 20 heavy (non-hydrogen) atoms. The Hall–Kier alpha value is -1.26. The van der Waals surface area contributed by atoms with Gasteiger partial charge in [0, 0.05) is 18.9 Å². The summed E-state index contributed by atoms with van der Waals surface area (Å²) in [5.41, 5.74) is 7.06. The van der Waals surface area contributed by atoms with Gasteiger partial charge in [-0.15, -0.1) is 0 Å². The van der Waals surface area contributed by atoms with E-state index in [1.807, 2.05) is 26.0 Å². The maximum absolute atomic E-state index is 6.21. The lowest BCUT2D eigenvalue weighted by Gasteiger charge is -2.26. The lowest BCUT2D eigenvalue weighted by molar-refractivity contribution is 0.0239. The number of benzene rings is 1. The first kappa shape index (κ1) is 15.1. The molecule has 112 valence electrons. The number of rotatable bonds is 6. The Morgan fingerprint density at radius 2 is 2.10 bits per heavy atom. The molecule has 1 unspecified atom stereocenters. The normalized spacial score (nSPS) is 17.8. The van der Waals surface area contributed by atoms with E-state index in [2.05, 4.69) is 6.07 Å². The molecule has 0 spiro atoms. The first-order valence-corrected chi connectivity index (χ1v) is 7.45. The lowest BCUT2D eigenvalue weighted by Crippen LogP contribution is -2.27. The Bertz CT molecular complexity index is 414. The molecule has 1 aliphatic rings. The quantitative estimate of drug-likeness (QED) is 0.869. The van der Waals surface area contributed by atoms with Crippen molar-refractivity contribution in [1.82, 2.24) is 0 Å². The smallest absolute Gasteiger partial charge is 0.164 e. The second-order valence-electron chi connectivity index (χ2n) is 5.29. The van der Waals surface area contributed by atoms with E-state index in [1.54, 1.807) is 0 Å². The Morgan fingerprint density at radius 1 is 1.35 bits per heavy atom. The van der Waals surface area contributed by atoms with E-state index in [1.165, 1.54) is 0 Å². The van der Waals surface area contributed by atoms with Gasteiger partial charge in [-0.25, -0.2) is 0 Å². The molecule has 0 aromatic heterocycles. The van der Waals surface area contributed by atoms with Crippen LogP contribution in [0.3, 0.4) is 0 Å². The number of nitrogens with two attached hydrogens (primary N) is 1. The predicted molar refractivity (Wildman–Crippen MR) is 79.4 cm³/mol. The van der Waals surface area contributed by atoms with Crippen molar-refractivity contribution in [3.8, 4) is 11.5 Å². The molecular weight excluding hydrogens is 254 g/mol. The van der Waals surface area contributed by atoms with Crippen LogP contribution in [0.1, 0.15) is 32.3 Å². The summed E-state index contributed by atoms with van der Waals surface area (Å²) in [5, 5.41) is 0. The van der Waals surface area contributed by atoms with Crippen molar-refractivity contribution in [2.24, 2.45) is 5.73 Å². The van der Waals surface area contributed by atoms with E-state index in [0.717, 1.165) is 49.5 Å². The number of hydrogen-bond acceptors (Lipinski definition) is 4. The summed E-state index contributed by atoms with van der Waals surface area (Å²) in [4.78, 5) is 0. The van der Waals surface area contributed by atoms with Crippen LogP contribution in [0.25, 0.3) is 0 Å². The summed E-state index contributed by atoms with van der Waals surface area (Å²) in [6.45, 7) is 6.15. The molecule has 1 atom stereocenters. The van der Waals surface area contributed by atoms with Crippen LogP contribution in [0.4, 0.5) is 0 Å². The molecule has 0 bridgehead atoms. The third kappa shape index (κ3) is 4.12. The predicted octanol–water partition coefficient (Wildman–Crippen LogP) is 2.53. The summed E-state index contributed by atoms with van der Waals surface area (Å²) in [6.07, 6.45) is 2.85. The van der Waals surface area contributed by atoms with E-state index in [0.29, 0.717) is 6.61 Å². The van der Waals surface area contributed by atoms with Crippen LogP contribution in [-0.2, 0) is 11.2 Å². The molecule has 0 aliphatic carbocycles. The standard InChI is InChI=1S/C16H25NO3/c1-3-19-15-6-4-5-13(11-12(2)17)16(15)20-14-7-9-18-10-8-14/h4-6,12,14H,3,7-11,17H2,1-2H3. The second-order valence-corrected chi connectivity index (χ2v) is 5.29. The first-order chi connectivity index (χ1) is 9.70. The van der Waals surface area contributed by atoms with Crippen molar-refractivity contribution < 1.29 is 14.2 Å². The fourth-order valence-electron chi connectivity index (χ4n) is 2.43. The van der Waals surface area contributed by atoms with Gasteiger partial charge in [0.15, 0.2) is 11.5 Å². The Balaban J connectivity index is 2.20. The van der Waals surface area contributed by atoms with Crippen molar-refractivity contribution in [3.05, 3.63) is 23.8 Å². The largest absolute Gasteiger partial charge is 0.490 e. The highest BCUT2D eigenvalue weighted by molar-refractivity contribution is 5.47. The molecule has 1 aromatic carbocycles. The van der Waals surface area contributed by atoms with Gasteiger partial charge < -0.3 is 19.9 Å². The number of ether oxygens (including phenoxy) is 3. The molecule has 0 amide bonds. The van der Waals surface area contributed by atoms with Crippen LogP contribution in [0.2, 0.25) is 0 Å². The average Bonchev–Trinajstić information content (AvgIpc) is 2.43. The first-order valence-electron chi connectivity index (χ1n) is 7.45. The zero-order valence-corrected chi connectivity index (χ0v) is 12.4. The number of hydrogen-bond donors (Lipinski definition) is 1. The summed E-state index contributed by atoms with van der Waals surface area (Å²) in [6, 6.07) is 6.13. The van der Waals surface area contributed by atoms with Crippen LogP contribution in [-0.4, -0.2) is 32.0 Å². The van der Waals surface area contributed by atoms with Gasteiger partial charge in [0.2, 0.25) is 0 Å². The Morgan fingerprint density at radius 3 is 2.75 bits per heavy atom. The van der Waals surface area contributed by atoms with Gasteiger partial charge in [-0.3, -0.25) is 0 Å².